The van der Waals surface area contributed by atoms with Crippen molar-refractivity contribution in [2.24, 2.45) is 0 Å². The number of aromatic amines is 1. The van der Waals surface area contributed by atoms with Crippen molar-refractivity contribution in [1.82, 2.24) is 9.88 Å². The number of nitrogens with zero attached hydrogens (tertiary/aromatic N) is 1. The number of methoxy groups -OCH3 is 2. The van der Waals surface area contributed by atoms with Gasteiger partial charge in [-0.1, -0.05) is 43.9 Å². The zero-order valence-electron chi connectivity index (χ0n) is 25.9. The standard InChI is InChI=1S/C35H34N2O7Si/c1-41-34(39)22-8-6-21(7-9-22)33-32-26(20-28(35(40)42-2)37(33)31(38)14-17-45(3,4)5)25-18-23(10-12-27(25)36-32)24-11-13-29-30(19-24)44-16-15-43-29/h6-13,18-19,28,33,36H,15-16,20H2,1-5H3. The summed E-state index contributed by atoms with van der Waals surface area (Å²) in [5.41, 5.74) is 8.71. The van der Waals surface area contributed by atoms with Gasteiger partial charge in [0.05, 0.1) is 25.8 Å². The van der Waals surface area contributed by atoms with Crippen LogP contribution in [0, 0.1) is 11.5 Å². The molecular formula is C35H34N2O7Si. The van der Waals surface area contributed by atoms with E-state index in [1.54, 1.807) is 24.3 Å². The Kier molecular flexibility index (Phi) is 7.89. The Labute approximate surface area is 262 Å². The highest BCUT2D eigenvalue weighted by molar-refractivity contribution is 6.84. The van der Waals surface area contributed by atoms with E-state index < -0.39 is 38.0 Å². The maximum atomic E-state index is 13.9. The molecule has 6 rings (SSSR count). The summed E-state index contributed by atoms with van der Waals surface area (Å²) < 4.78 is 21.6. The first-order valence-corrected chi connectivity index (χ1v) is 18.2. The highest BCUT2D eigenvalue weighted by Crippen LogP contribution is 2.43. The van der Waals surface area contributed by atoms with E-state index in [-0.39, 0.29) is 6.42 Å². The van der Waals surface area contributed by atoms with E-state index in [2.05, 4.69) is 42.2 Å². The van der Waals surface area contributed by atoms with Crippen LogP contribution in [-0.2, 0) is 25.5 Å². The largest absolute Gasteiger partial charge is 0.486 e. The number of ether oxygens (including phenoxy) is 4. The predicted octanol–water partition coefficient (Wildman–Crippen LogP) is 5.29. The molecule has 1 N–H and O–H groups in total. The lowest BCUT2D eigenvalue weighted by Crippen LogP contribution is -2.51. The van der Waals surface area contributed by atoms with Crippen molar-refractivity contribution >= 4 is 36.8 Å². The number of hydrogen-bond donors (Lipinski definition) is 1. The van der Waals surface area contributed by atoms with Crippen molar-refractivity contribution in [2.45, 2.75) is 38.1 Å². The molecule has 0 bridgehead atoms. The van der Waals surface area contributed by atoms with Crippen LogP contribution in [-0.4, -0.2) is 69.3 Å². The Hall–Kier alpha value is -5.01. The summed E-state index contributed by atoms with van der Waals surface area (Å²) in [6.07, 6.45) is 0.240. The molecule has 2 aliphatic heterocycles. The molecule has 1 amide bonds. The van der Waals surface area contributed by atoms with Gasteiger partial charge in [0.15, 0.2) is 11.5 Å². The van der Waals surface area contributed by atoms with Crippen LogP contribution in [0.15, 0.2) is 60.7 Å². The molecule has 2 aliphatic rings. The second-order valence-corrected chi connectivity index (χ2v) is 16.9. The van der Waals surface area contributed by atoms with Gasteiger partial charge in [-0.15, -0.1) is 5.54 Å². The molecule has 9 nitrogen and oxygen atoms in total. The molecule has 230 valence electrons. The first-order valence-electron chi connectivity index (χ1n) is 14.7. The van der Waals surface area contributed by atoms with Crippen molar-refractivity contribution < 1.29 is 33.3 Å². The van der Waals surface area contributed by atoms with Gasteiger partial charge in [0.2, 0.25) is 0 Å². The van der Waals surface area contributed by atoms with E-state index >= 15 is 0 Å². The maximum absolute atomic E-state index is 13.9. The zero-order valence-corrected chi connectivity index (χ0v) is 26.9. The second kappa shape index (κ2) is 11.8. The lowest BCUT2D eigenvalue weighted by molar-refractivity contribution is -0.153. The summed E-state index contributed by atoms with van der Waals surface area (Å²) in [5, 5.41) is 0.933. The van der Waals surface area contributed by atoms with Crippen molar-refractivity contribution in [3.63, 3.8) is 0 Å². The van der Waals surface area contributed by atoms with Crippen LogP contribution < -0.4 is 9.47 Å². The molecular weight excluding hydrogens is 588 g/mol. The number of rotatable bonds is 4. The van der Waals surface area contributed by atoms with Crippen LogP contribution in [0.5, 0.6) is 11.5 Å². The minimum absolute atomic E-state index is 0.240. The first-order chi connectivity index (χ1) is 21.6. The number of carbonyl (C=O) groups excluding carboxylic acids is 3. The molecule has 10 heteroatoms. The van der Waals surface area contributed by atoms with E-state index in [1.165, 1.54) is 19.1 Å². The highest BCUT2D eigenvalue weighted by atomic mass is 28.3. The predicted molar refractivity (Wildman–Crippen MR) is 172 cm³/mol. The van der Waals surface area contributed by atoms with E-state index in [0.717, 1.165) is 33.3 Å². The van der Waals surface area contributed by atoms with Crippen LogP contribution in [0.25, 0.3) is 22.0 Å². The maximum Gasteiger partial charge on any atom is 0.337 e. The highest BCUT2D eigenvalue weighted by Gasteiger charge is 2.44. The van der Waals surface area contributed by atoms with Gasteiger partial charge in [0.1, 0.15) is 27.3 Å². The summed E-state index contributed by atoms with van der Waals surface area (Å²) in [6, 6.07) is 17.2. The Bertz CT molecular complexity index is 1880. The molecule has 0 saturated heterocycles. The molecule has 4 aromatic rings. The average molecular weight is 623 g/mol. The molecule has 2 unspecified atom stereocenters. The van der Waals surface area contributed by atoms with Crippen LogP contribution in [0.1, 0.15) is 33.2 Å². The fourth-order valence-corrected chi connectivity index (χ4v) is 6.36. The van der Waals surface area contributed by atoms with Gasteiger partial charge in [0.25, 0.3) is 5.91 Å². The molecule has 3 aromatic carbocycles. The van der Waals surface area contributed by atoms with Gasteiger partial charge in [0, 0.05) is 23.0 Å². The SMILES string of the molecule is COC(=O)c1ccc(C2c3[nH]c4ccc(-c5ccc6c(c5)OCCO6)cc4c3CC(C(=O)OC)N2C(=O)C#C[Si](C)(C)C)cc1. The van der Waals surface area contributed by atoms with Crippen LogP contribution in [0.2, 0.25) is 19.6 Å². The fraction of sp³-hybridized carbons (Fsp3) is 0.286. The van der Waals surface area contributed by atoms with Crippen molar-refractivity contribution in [2.75, 3.05) is 27.4 Å². The summed E-state index contributed by atoms with van der Waals surface area (Å²) in [7, 11) is 0.735. The third-order valence-corrected chi connectivity index (χ3v) is 8.87. The molecule has 0 saturated carbocycles. The van der Waals surface area contributed by atoms with Crippen molar-refractivity contribution in [3.8, 4) is 34.1 Å². The lowest BCUT2D eigenvalue weighted by Gasteiger charge is -2.40. The Balaban J connectivity index is 1.52. The third-order valence-electron chi connectivity index (χ3n) is 8.00. The number of fused-ring (bicyclic) bond motifs is 4. The number of nitrogens with one attached hydrogen (secondary N) is 1. The number of hydrogen-bond acceptors (Lipinski definition) is 7. The average Bonchev–Trinajstić information content (AvgIpc) is 3.42. The van der Waals surface area contributed by atoms with Crippen LogP contribution >= 0.6 is 0 Å². The Morgan fingerprint density at radius 2 is 1.58 bits per heavy atom. The lowest BCUT2D eigenvalue weighted by atomic mass is 9.87. The minimum atomic E-state index is -1.91. The first kappa shape index (κ1) is 30.0. The number of esters is 2. The normalized spacial score (nSPS) is 17.1. The third kappa shape index (κ3) is 5.79. The van der Waals surface area contributed by atoms with E-state index in [1.807, 2.05) is 30.3 Å². The van der Waals surface area contributed by atoms with Crippen LogP contribution in [0.4, 0.5) is 0 Å². The molecule has 2 atom stereocenters. The van der Waals surface area contributed by atoms with Gasteiger partial charge in [-0.3, -0.25) is 4.79 Å². The molecule has 0 radical (unpaired) electrons. The Morgan fingerprint density at radius 3 is 2.27 bits per heavy atom. The number of amides is 1. The molecule has 45 heavy (non-hydrogen) atoms. The number of carbonyl (C=O) groups is 3. The molecule has 0 aliphatic carbocycles. The fourth-order valence-electron chi connectivity index (χ4n) is 5.88. The van der Waals surface area contributed by atoms with Crippen LogP contribution in [0.3, 0.4) is 0 Å². The van der Waals surface area contributed by atoms with Gasteiger partial charge in [-0.05, 0) is 64.6 Å². The Morgan fingerprint density at radius 1 is 0.889 bits per heavy atom. The second-order valence-electron chi connectivity index (χ2n) is 12.1. The van der Waals surface area contributed by atoms with Gasteiger partial charge < -0.3 is 28.8 Å². The van der Waals surface area contributed by atoms with E-state index in [0.29, 0.717) is 35.8 Å². The summed E-state index contributed by atoms with van der Waals surface area (Å²) in [4.78, 5) is 44.6. The van der Waals surface area contributed by atoms with Crippen molar-refractivity contribution in [1.29, 1.82) is 0 Å². The monoisotopic (exact) mass is 622 g/mol. The molecule has 0 fully saturated rings. The zero-order chi connectivity index (χ0) is 31.9. The molecule has 0 spiro atoms. The van der Waals surface area contributed by atoms with E-state index in [4.69, 9.17) is 18.9 Å². The smallest absolute Gasteiger partial charge is 0.337 e. The number of benzene rings is 3. The quantitative estimate of drug-likeness (QED) is 0.187. The number of H-pyrrole nitrogens is 1. The number of aromatic nitrogens is 1. The van der Waals surface area contributed by atoms with E-state index in [9.17, 15) is 14.4 Å². The van der Waals surface area contributed by atoms with Gasteiger partial charge >= 0.3 is 11.9 Å². The van der Waals surface area contributed by atoms with Gasteiger partial charge in [-0.25, -0.2) is 9.59 Å². The van der Waals surface area contributed by atoms with Gasteiger partial charge in [-0.2, -0.15) is 0 Å². The topological polar surface area (TPSA) is 107 Å². The summed E-state index contributed by atoms with van der Waals surface area (Å²) in [5.74, 6) is 2.80. The van der Waals surface area contributed by atoms with Crippen molar-refractivity contribution in [3.05, 3.63) is 83.0 Å². The minimum Gasteiger partial charge on any atom is -0.486 e. The summed E-state index contributed by atoms with van der Waals surface area (Å²) >= 11 is 0. The molecule has 3 heterocycles. The molecule has 1 aromatic heterocycles. The summed E-state index contributed by atoms with van der Waals surface area (Å²) in [6.45, 7) is 7.18.